The molecule has 0 saturated carbocycles. The highest BCUT2D eigenvalue weighted by Crippen LogP contribution is 2.36. The molecule has 1 aromatic carbocycles. The Morgan fingerprint density at radius 1 is 1.05 bits per heavy atom. The standard InChI is InChI=1S/C14H8F3N3O/c15-8-5-7(6-9(16)12(8)17)13-11(14(18)20-21-13)10-3-1-2-4-19-10/h1-6H,(H2,18,20). The molecule has 0 atom stereocenters. The maximum atomic E-state index is 13.3. The molecule has 0 bridgehead atoms. The highest BCUT2D eigenvalue weighted by atomic mass is 19.2. The lowest BCUT2D eigenvalue weighted by Gasteiger charge is -2.03. The second kappa shape index (κ2) is 4.93. The Morgan fingerprint density at radius 3 is 2.38 bits per heavy atom. The van der Waals surface area contributed by atoms with Crippen molar-refractivity contribution in [1.82, 2.24) is 10.1 Å². The highest BCUT2D eigenvalue weighted by molar-refractivity contribution is 5.84. The molecule has 0 spiro atoms. The van der Waals surface area contributed by atoms with Crippen molar-refractivity contribution in [3.63, 3.8) is 0 Å². The molecule has 0 amide bonds. The molecular weight excluding hydrogens is 283 g/mol. The predicted octanol–water partition coefficient (Wildman–Crippen LogP) is 3.40. The first-order valence-corrected chi connectivity index (χ1v) is 5.89. The zero-order valence-electron chi connectivity index (χ0n) is 10.5. The number of nitrogens with two attached hydrogens (primary N) is 1. The number of halogens is 3. The Balaban J connectivity index is 2.21. The Morgan fingerprint density at radius 2 is 1.76 bits per heavy atom. The summed E-state index contributed by atoms with van der Waals surface area (Å²) in [6.45, 7) is 0. The summed E-state index contributed by atoms with van der Waals surface area (Å²) in [5.41, 5.74) is 6.41. The zero-order valence-corrected chi connectivity index (χ0v) is 10.5. The van der Waals surface area contributed by atoms with Crippen molar-refractivity contribution in [1.29, 1.82) is 0 Å². The van der Waals surface area contributed by atoms with Gasteiger partial charge in [-0.25, -0.2) is 13.2 Å². The van der Waals surface area contributed by atoms with Crippen LogP contribution in [0.5, 0.6) is 0 Å². The first-order valence-electron chi connectivity index (χ1n) is 5.89. The average molecular weight is 291 g/mol. The number of anilines is 1. The van der Waals surface area contributed by atoms with Crippen molar-refractivity contribution in [2.45, 2.75) is 0 Å². The molecule has 0 saturated heterocycles. The number of hydrogen-bond acceptors (Lipinski definition) is 4. The molecule has 0 radical (unpaired) electrons. The van der Waals surface area contributed by atoms with Crippen LogP contribution in [0.3, 0.4) is 0 Å². The molecule has 4 nitrogen and oxygen atoms in total. The van der Waals surface area contributed by atoms with Crippen molar-refractivity contribution in [2.75, 3.05) is 5.73 Å². The van der Waals surface area contributed by atoms with E-state index in [-0.39, 0.29) is 17.1 Å². The van der Waals surface area contributed by atoms with Crippen LogP contribution < -0.4 is 5.73 Å². The van der Waals surface area contributed by atoms with Gasteiger partial charge in [0.05, 0.1) is 11.3 Å². The quantitative estimate of drug-likeness (QED) is 0.735. The van der Waals surface area contributed by atoms with Crippen molar-refractivity contribution < 1.29 is 17.7 Å². The van der Waals surface area contributed by atoms with Gasteiger partial charge >= 0.3 is 0 Å². The number of nitrogens with zero attached hydrogens (tertiary/aromatic N) is 2. The molecule has 0 fully saturated rings. The molecule has 3 aromatic rings. The molecule has 3 rings (SSSR count). The van der Waals surface area contributed by atoms with Gasteiger partial charge < -0.3 is 10.3 Å². The molecule has 7 heteroatoms. The van der Waals surface area contributed by atoms with E-state index in [1.807, 2.05) is 0 Å². The molecule has 0 unspecified atom stereocenters. The maximum absolute atomic E-state index is 13.3. The van der Waals surface area contributed by atoms with Gasteiger partial charge in [-0.15, -0.1) is 0 Å². The second-order valence-electron chi connectivity index (χ2n) is 4.24. The van der Waals surface area contributed by atoms with Gasteiger partial charge in [-0.3, -0.25) is 4.98 Å². The topological polar surface area (TPSA) is 64.9 Å². The van der Waals surface area contributed by atoms with Crippen LogP contribution in [0.2, 0.25) is 0 Å². The van der Waals surface area contributed by atoms with Gasteiger partial charge in [0.15, 0.2) is 29.0 Å². The Kier molecular flexibility index (Phi) is 3.09. The van der Waals surface area contributed by atoms with Crippen LogP contribution in [0.1, 0.15) is 0 Å². The Labute approximate surface area is 117 Å². The summed E-state index contributed by atoms with van der Waals surface area (Å²) in [6, 6.07) is 6.67. The van der Waals surface area contributed by atoms with E-state index in [9.17, 15) is 13.2 Å². The lowest BCUT2D eigenvalue weighted by Crippen LogP contribution is -1.94. The summed E-state index contributed by atoms with van der Waals surface area (Å²) in [5, 5.41) is 3.58. The molecule has 0 aliphatic heterocycles. The number of rotatable bonds is 2. The minimum Gasteiger partial charge on any atom is -0.380 e. The van der Waals surface area contributed by atoms with Gasteiger partial charge in [-0.1, -0.05) is 11.2 Å². The Hall–Kier alpha value is -2.83. The van der Waals surface area contributed by atoms with E-state index < -0.39 is 17.5 Å². The molecule has 2 aromatic heterocycles. The fourth-order valence-corrected chi connectivity index (χ4v) is 1.94. The highest BCUT2D eigenvalue weighted by Gasteiger charge is 2.21. The fraction of sp³-hybridized carbons (Fsp3) is 0. The van der Waals surface area contributed by atoms with Crippen molar-refractivity contribution >= 4 is 5.82 Å². The SMILES string of the molecule is Nc1noc(-c2cc(F)c(F)c(F)c2)c1-c1ccccn1. The summed E-state index contributed by atoms with van der Waals surface area (Å²) in [5.74, 6) is -4.16. The van der Waals surface area contributed by atoms with Crippen LogP contribution >= 0.6 is 0 Å². The summed E-state index contributed by atoms with van der Waals surface area (Å²) in [4.78, 5) is 4.09. The number of hydrogen-bond donors (Lipinski definition) is 1. The molecule has 0 aliphatic carbocycles. The Bertz CT molecular complexity index is 779. The summed E-state index contributed by atoms with van der Waals surface area (Å²) in [6.07, 6.45) is 1.53. The van der Waals surface area contributed by atoms with Gasteiger partial charge in [-0.2, -0.15) is 0 Å². The lowest BCUT2D eigenvalue weighted by atomic mass is 10.0. The first kappa shape index (κ1) is 13.2. The minimum absolute atomic E-state index is 0.0174. The summed E-state index contributed by atoms with van der Waals surface area (Å²) in [7, 11) is 0. The fourth-order valence-electron chi connectivity index (χ4n) is 1.94. The van der Waals surface area contributed by atoms with Crippen molar-refractivity contribution in [3.8, 4) is 22.6 Å². The normalized spacial score (nSPS) is 10.8. The lowest BCUT2D eigenvalue weighted by molar-refractivity contribution is 0.430. The average Bonchev–Trinajstić information content (AvgIpc) is 2.87. The molecule has 2 heterocycles. The third kappa shape index (κ3) is 2.22. The zero-order chi connectivity index (χ0) is 15.0. The van der Waals surface area contributed by atoms with E-state index in [4.69, 9.17) is 10.3 Å². The third-order valence-corrected chi connectivity index (χ3v) is 2.89. The van der Waals surface area contributed by atoms with Crippen LogP contribution in [-0.4, -0.2) is 10.1 Å². The largest absolute Gasteiger partial charge is 0.380 e. The van der Waals surface area contributed by atoms with Gasteiger partial charge in [0.25, 0.3) is 0 Å². The van der Waals surface area contributed by atoms with E-state index in [1.165, 1.54) is 6.20 Å². The van der Waals surface area contributed by atoms with E-state index in [1.54, 1.807) is 18.2 Å². The number of benzene rings is 1. The van der Waals surface area contributed by atoms with Gasteiger partial charge in [-0.05, 0) is 24.3 Å². The first-order chi connectivity index (χ1) is 10.1. The van der Waals surface area contributed by atoms with E-state index in [0.29, 0.717) is 11.3 Å². The van der Waals surface area contributed by atoms with Crippen LogP contribution in [0, 0.1) is 17.5 Å². The molecular formula is C14H8F3N3O. The van der Waals surface area contributed by atoms with Crippen LogP contribution in [0.4, 0.5) is 19.0 Å². The molecule has 0 aliphatic rings. The minimum atomic E-state index is -1.55. The monoisotopic (exact) mass is 291 g/mol. The molecule has 21 heavy (non-hydrogen) atoms. The van der Waals surface area contributed by atoms with Gasteiger partial charge in [0, 0.05) is 11.8 Å². The van der Waals surface area contributed by atoms with Crippen molar-refractivity contribution in [3.05, 3.63) is 54.0 Å². The predicted molar refractivity (Wildman–Crippen MR) is 69.5 cm³/mol. The molecule has 2 N–H and O–H groups in total. The van der Waals surface area contributed by atoms with Gasteiger partial charge in [0.1, 0.15) is 0 Å². The van der Waals surface area contributed by atoms with E-state index >= 15 is 0 Å². The summed E-state index contributed by atoms with van der Waals surface area (Å²) < 4.78 is 44.7. The second-order valence-corrected chi connectivity index (χ2v) is 4.24. The third-order valence-electron chi connectivity index (χ3n) is 2.89. The van der Waals surface area contributed by atoms with Gasteiger partial charge in [0.2, 0.25) is 0 Å². The van der Waals surface area contributed by atoms with Crippen LogP contribution in [-0.2, 0) is 0 Å². The smallest absolute Gasteiger partial charge is 0.194 e. The van der Waals surface area contributed by atoms with E-state index in [2.05, 4.69) is 10.1 Å². The maximum Gasteiger partial charge on any atom is 0.194 e. The number of nitrogen functional groups attached to an aromatic ring is 1. The number of pyridine rings is 1. The van der Waals surface area contributed by atoms with Crippen LogP contribution in [0.25, 0.3) is 22.6 Å². The molecule has 106 valence electrons. The summed E-state index contributed by atoms with van der Waals surface area (Å²) >= 11 is 0. The van der Waals surface area contributed by atoms with E-state index in [0.717, 1.165) is 12.1 Å². The van der Waals surface area contributed by atoms with Crippen LogP contribution in [0.15, 0.2) is 41.1 Å². The van der Waals surface area contributed by atoms with Crippen molar-refractivity contribution in [2.24, 2.45) is 0 Å². The number of aromatic nitrogens is 2.